The molecule has 4 unspecified atom stereocenters. The Morgan fingerprint density at radius 3 is 2.44 bits per heavy atom. The summed E-state index contributed by atoms with van der Waals surface area (Å²) in [6.07, 6.45) is -4.38. The molecule has 1 heterocycles. The number of ether oxygens (including phenoxy) is 2. The highest BCUT2D eigenvalue weighted by Crippen LogP contribution is 2.23. The van der Waals surface area contributed by atoms with Crippen molar-refractivity contribution in [3.8, 4) is 0 Å². The van der Waals surface area contributed by atoms with Crippen molar-refractivity contribution in [3.63, 3.8) is 0 Å². The maximum Gasteiger partial charge on any atom is 0.186 e. The first-order valence-electron chi connectivity index (χ1n) is 4.75. The summed E-state index contributed by atoms with van der Waals surface area (Å²) >= 11 is 0. The van der Waals surface area contributed by atoms with Crippen LogP contribution in [0.3, 0.4) is 0 Å². The summed E-state index contributed by atoms with van der Waals surface area (Å²) < 4.78 is 10.1. The van der Waals surface area contributed by atoms with Crippen LogP contribution in [0.5, 0.6) is 0 Å². The van der Waals surface area contributed by atoms with Crippen LogP contribution in [-0.4, -0.2) is 65.6 Å². The molecule has 0 aliphatic carbocycles. The van der Waals surface area contributed by atoms with Crippen molar-refractivity contribution in [2.75, 3.05) is 13.7 Å². The van der Waals surface area contributed by atoms with E-state index >= 15 is 0 Å². The van der Waals surface area contributed by atoms with Crippen LogP contribution in [0, 0.1) is 0 Å². The molecule has 1 fully saturated rings. The molecule has 0 amide bonds. The minimum atomic E-state index is -1.27. The van der Waals surface area contributed by atoms with Crippen LogP contribution in [0.25, 0.3) is 0 Å². The van der Waals surface area contributed by atoms with E-state index in [1.165, 1.54) is 7.11 Å². The van der Waals surface area contributed by atoms with Crippen LogP contribution in [0.1, 0.15) is 0 Å². The van der Waals surface area contributed by atoms with E-state index in [4.69, 9.17) is 26.0 Å². The second kappa shape index (κ2) is 5.41. The normalized spacial score (nSPS) is 39.4. The molecule has 7 N–H and O–H groups in total. The fourth-order valence-electron chi connectivity index (χ4n) is 1.57. The fraction of sp³-hybridized carbons (Fsp3) is 0.875. The Balaban J connectivity index is 2.86. The molecule has 1 rings (SSSR count). The number of aliphatic hydroxyl groups is 3. The molecule has 0 aromatic carbocycles. The van der Waals surface area contributed by atoms with E-state index in [0.29, 0.717) is 0 Å². The van der Waals surface area contributed by atoms with E-state index in [2.05, 4.69) is 4.99 Å². The van der Waals surface area contributed by atoms with Gasteiger partial charge in [-0.2, -0.15) is 0 Å². The number of guanidine groups is 1. The molecule has 16 heavy (non-hydrogen) atoms. The van der Waals surface area contributed by atoms with Gasteiger partial charge in [-0.15, -0.1) is 0 Å². The molecule has 1 saturated heterocycles. The van der Waals surface area contributed by atoms with Gasteiger partial charge in [-0.1, -0.05) is 0 Å². The SMILES string of the molecule is COC1OC(CO)C(O)C(O)[C@H]1N=C(N)N. The average Bonchev–Trinajstić information content (AvgIpc) is 2.25. The Morgan fingerprint density at radius 1 is 1.38 bits per heavy atom. The van der Waals surface area contributed by atoms with Gasteiger partial charge in [-0.25, -0.2) is 4.99 Å². The molecule has 0 radical (unpaired) electrons. The van der Waals surface area contributed by atoms with Gasteiger partial charge >= 0.3 is 0 Å². The van der Waals surface area contributed by atoms with Gasteiger partial charge in [-0.3, -0.25) is 0 Å². The van der Waals surface area contributed by atoms with Gasteiger partial charge in [0.1, 0.15) is 24.4 Å². The average molecular weight is 235 g/mol. The summed E-state index contributed by atoms with van der Waals surface area (Å²) in [7, 11) is 1.35. The minimum absolute atomic E-state index is 0.246. The van der Waals surface area contributed by atoms with Crippen LogP contribution >= 0.6 is 0 Å². The number of methoxy groups -OCH3 is 1. The number of aliphatic imine (C=N–C) groups is 1. The van der Waals surface area contributed by atoms with E-state index in [-0.39, 0.29) is 5.96 Å². The van der Waals surface area contributed by atoms with Gasteiger partial charge in [0.25, 0.3) is 0 Å². The molecular formula is C8H17N3O5. The molecular weight excluding hydrogens is 218 g/mol. The molecule has 0 saturated carbocycles. The topological polar surface area (TPSA) is 144 Å². The van der Waals surface area contributed by atoms with Crippen molar-refractivity contribution >= 4 is 5.96 Å². The maximum absolute atomic E-state index is 9.75. The molecule has 94 valence electrons. The number of hydrogen-bond acceptors (Lipinski definition) is 6. The highest BCUT2D eigenvalue weighted by molar-refractivity contribution is 5.76. The summed E-state index contributed by atoms with van der Waals surface area (Å²) in [5.41, 5.74) is 10.4. The van der Waals surface area contributed by atoms with Crippen molar-refractivity contribution < 1.29 is 24.8 Å². The van der Waals surface area contributed by atoms with E-state index < -0.39 is 37.3 Å². The highest BCUT2D eigenvalue weighted by atomic mass is 16.7. The Bertz CT molecular complexity index is 256. The van der Waals surface area contributed by atoms with Crippen molar-refractivity contribution in [2.45, 2.75) is 30.6 Å². The second-order valence-corrected chi connectivity index (χ2v) is 3.49. The third-order valence-corrected chi connectivity index (χ3v) is 2.38. The van der Waals surface area contributed by atoms with Gasteiger partial charge in [0.15, 0.2) is 12.2 Å². The second-order valence-electron chi connectivity index (χ2n) is 3.49. The lowest BCUT2D eigenvalue weighted by atomic mass is 9.97. The molecule has 8 heteroatoms. The van der Waals surface area contributed by atoms with Crippen LogP contribution in [0.15, 0.2) is 4.99 Å². The smallest absolute Gasteiger partial charge is 0.186 e. The lowest BCUT2D eigenvalue weighted by Crippen LogP contribution is -2.58. The van der Waals surface area contributed by atoms with E-state index in [1.807, 2.05) is 0 Å². The summed E-state index contributed by atoms with van der Waals surface area (Å²) in [4.78, 5) is 3.72. The summed E-state index contributed by atoms with van der Waals surface area (Å²) in [5, 5.41) is 28.3. The quantitative estimate of drug-likeness (QED) is 0.255. The minimum Gasteiger partial charge on any atom is -0.394 e. The van der Waals surface area contributed by atoms with E-state index in [9.17, 15) is 10.2 Å². The van der Waals surface area contributed by atoms with Crippen LogP contribution in [0.4, 0.5) is 0 Å². The van der Waals surface area contributed by atoms with Crippen LogP contribution < -0.4 is 11.5 Å². The molecule has 5 atom stereocenters. The summed E-state index contributed by atoms with van der Waals surface area (Å²) in [6.45, 7) is -0.438. The van der Waals surface area contributed by atoms with Crippen molar-refractivity contribution in [1.29, 1.82) is 0 Å². The first-order valence-corrected chi connectivity index (χ1v) is 4.75. The van der Waals surface area contributed by atoms with Crippen molar-refractivity contribution in [1.82, 2.24) is 0 Å². The molecule has 8 nitrogen and oxygen atoms in total. The lowest BCUT2D eigenvalue weighted by Gasteiger charge is -2.39. The number of rotatable bonds is 3. The molecule has 0 spiro atoms. The van der Waals surface area contributed by atoms with Gasteiger partial charge in [0.05, 0.1) is 6.61 Å². The Kier molecular flexibility index (Phi) is 4.44. The van der Waals surface area contributed by atoms with Gasteiger partial charge in [0, 0.05) is 7.11 Å². The fourth-order valence-corrected chi connectivity index (χ4v) is 1.57. The zero-order chi connectivity index (χ0) is 12.3. The van der Waals surface area contributed by atoms with Crippen LogP contribution in [-0.2, 0) is 9.47 Å². The third kappa shape index (κ3) is 2.60. The Hall–Kier alpha value is -0.930. The molecule has 1 aliphatic heterocycles. The van der Waals surface area contributed by atoms with Gasteiger partial charge in [0.2, 0.25) is 0 Å². The van der Waals surface area contributed by atoms with Crippen molar-refractivity contribution in [2.24, 2.45) is 16.5 Å². The maximum atomic E-state index is 9.75. The molecule has 0 aromatic rings. The predicted octanol–water partition coefficient (Wildman–Crippen LogP) is -3.29. The monoisotopic (exact) mass is 235 g/mol. The van der Waals surface area contributed by atoms with Gasteiger partial charge in [-0.05, 0) is 0 Å². The lowest BCUT2D eigenvalue weighted by molar-refractivity contribution is -0.257. The largest absolute Gasteiger partial charge is 0.394 e. The Labute approximate surface area is 92.5 Å². The van der Waals surface area contributed by atoms with Gasteiger partial charge < -0.3 is 36.3 Å². The van der Waals surface area contributed by atoms with Crippen LogP contribution in [0.2, 0.25) is 0 Å². The van der Waals surface area contributed by atoms with Crippen molar-refractivity contribution in [3.05, 3.63) is 0 Å². The number of nitrogens with two attached hydrogens (primary N) is 2. The summed E-state index contributed by atoms with van der Waals surface area (Å²) in [6, 6.07) is -0.923. The molecule has 0 aromatic heterocycles. The number of aliphatic hydroxyl groups excluding tert-OH is 3. The summed E-state index contributed by atoms with van der Waals surface area (Å²) in [5.74, 6) is -0.246. The zero-order valence-electron chi connectivity index (χ0n) is 8.85. The molecule has 0 bridgehead atoms. The zero-order valence-corrected chi connectivity index (χ0v) is 8.85. The third-order valence-electron chi connectivity index (χ3n) is 2.38. The first kappa shape index (κ1) is 13.1. The number of nitrogens with zero attached hydrogens (tertiary/aromatic N) is 1. The van der Waals surface area contributed by atoms with E-state index in [0.717, 1.165) is 0 Å². The Morgan fingerprint density at radius 2 is 2.00 bits per heavy atom. The predicted molar refractivity (Wildman–Crippen MR) is 54.4 cm³/mol. The van der Waals surface area contributed by atoms with E-state index in [1.54, 1.807) is 0 Å². The standard InChI is InChI=1S/C8H17N3O5/c1-15-7-4(11-8(9)10)6(14)5(13)3(2-12)16-7/h3-7,12-14H,2H2,1H3,(H4,9,10,11)/t3?,4-,5?,6?,7?/m1/s1. The first-order chi connectivity index (χ1) is 7.51. The highest BCUT2D eigenvalue weighted by Gasteiger charge is 2.44. The number of hydrogen-bond donors (Lipinski definition) is 5. The molecule has 1 aliphatic rings.